The van der Waals surface area contributed by atoms with Crippen molar-refractivity contribution in [1.82, 2.24) is 10.3 Å². The standard InChI is InChI=1S/C18H23N3OS/c1-3-12-23-17-7-5-4-6-16(17)21-18(22)20-14(2)13-15-8-10-19-11-9-15/h4-11,14H,3,12-13H2,1-2H3,(H2,20,21,22)/t14-/m1/s1. The molecule has 2 rings (SSSR count). The molecular weight excluding hydrogens is 306 g/mol. The van der Waals surface area contributed by atoms with Gasteiger partial charge in [-0.1, -0.05) is 19.1 Å². The summed E-state index contributed by atoms with van der Waals surface area (Å²) in [6.45, 7) is 4.15. The van der Waals surface area contributed by atoms with Crippen LogP contribution in [0.3, 0.4) is 0 Å². The van der Waals surface area contributed by atoms with Crippen LogP contribution in [0.4, 0.5) is 10.5 Å². The molecule has 2 aromatic rings. The number of hydrogen-bond acceptors (Lipinski definition) is 3. The predicted octanol–water partition coefficient (Wildman–Crippen LogP) is 4.34. The van der Waals surface area contributed by atoms with Crippen molar-refractivity contribution in [2.24, 2.45) is 0 Å². The summed E-state index contributed by atoms with van der Waals surface area (Å²) in [6, 6.07) is 11.7. The zero-order valence-electron chi connectivity index (χ0n) is 13.6. The van der Waals surface area contributed by atoms with Crippen LogP contribution >= 0.6 is 11.8 Å². The number of benzene rings is 1. The average molecular weight is 329 g/mol. The number of hydrogen-bond donors (Lipinski definition) is 2. The van der Waals surface area contributed by atoms with Crippen molar-refractivity contribution in [3.63, 3.8) is 0 Å². The lowest BCUT2D eigenvalue weighted by molar-refractivity contribution is 0.249. The highest BCUT2D eigenvalue weighted by atomic mass is 32.2. The maximum Gasteiger partial charge on any atom is 0.319 e. The molecule has 0 bridgehead atoms. The lowest BCUT2D eigenvalue weighted by atomic mass is 10.1. The summed E-state index contributed by atoms with van der Waals surface area (Å²) in [5.41, 5.74) is 2.02. The summed E-state index contributed by atoms with van der Waals surface area (Å²) in [6.07, 6.45) is 5.42. The number of aromatic nitrogens is 1. The van der Waals surface area contributed by atoms with E-state index in [9.17, 15) is 4.79 Å². The Kier molecular flexibility index (Phi) is 6.94. The molecule has 1 aromatic heterocycles. The molecule has 1 aromatic carbocycles. The fraction of sp³-hybridized carbons (Fsp3) is 0.333. The third kappa shape index (κ3) is 5.94. The molecule has 0 aliphatic heterocycles. The van der Waals surface area contributed by atoms with Crippen LogP contribution in [0.2, 0.25) is 0 Å². The van der Waals surface area contributed by atoms with Gasteiger partial charge in [0.15, 0.2) is 0 Å². The van der Waals surface area contributed by atoms with Gasteiger partial charge < -0.3 is 10.6 Å². The average Bonchev–Trinajstić information content (AvgIpc) is 2.54. The predicted molar refractivity (Wildman–Crippen MR) is 97.0 cm³/mol. The molecule has 0 aliphatic carbocycles. The lowest BCUT2D eigenvalue weighted by Gasteiger charge is -2.16. The maximum absolute atomic E-state index is 12.2. The Morgan fingerprint density at radius 3 is 2.70 bits per heavy atom. The topological polar surface area (TPSA) is 54.0 Å². The summed E-state index contributed by atoms with van der Waals surface area (Å²) in [4.78, 5) is 17.3. The van der Waals surface area contributed by atoms with Crippen molar-refractivity contribution in [3.8, 4) is 0 Å². The number of rotatable bonds is 7. The van der Waals surface area contributed by atoms with Crippen LogP contribution in [0.15, 0.2) is 53.7 Å². The number of carbonyl (C=O) groups excluding carboxylic acids is 1. The van der Waals surface area contributed by atoms with Gasteiger partial charge in [-0.15, -0.1) is 11.8 Å². The van der Waals surface area contributed by atoms with Gasteiger partial charge in [-0.25, -0.2) is 4.79 Å². The first kappa shape index (κ1) is 17.3. The van der Waals surface area contributed by atoms with Crippen molar-refractivity contribution < 1.29 is 4.79 Å². The summed E-state index contributed by atoms with van der Waals surface area (Å²) in [5.74, 6) is 1.04. The van der Waals surface area contributed by atoms with Crippen LogP contribution in [0.5, 0.6) is 0 Å². The van der Waals surface area contributed by atoms with Crippen LogP contribution in [0, 0.1) is 0 Å². The molecule has 0 fully saturated rings. The number of carbonyl (C=O) groups is 1. The number of nitrogens with zero attached hydrogens (tertiary/aromatic N) is 1. The van der Waals surface area contributed by atoms with E-state index in [0.717, 1.165) is 34.7 Å². The molecule has 122 valence electrons. The van der Waals surface area contributed by atoms with Crippen molar-refractivity contribution in [2.45, 2.75) is 37.6 Å². The van der Waals surface area contributed by atoms with Gasteiger partial charge in [0.1, 0.15) is 0 Å². The Balaban J connectivity index is 1.89. The number of anilines is 1. The fourth-order valence-electron chi connectivity index (χ4n) is 2.21. The molecule has 0 radical (unpaired) electrons. The highest BCUT2D eigenvalue weighted by Gasteiger charge is 2.10. The molecular formula is C18H23N3OS. The molecule has 0 saturated heterocycles. The third-order valence-electron chi connectivity index (χ3n) is 3.27. The number of para-hydroxylation sites is 1. The van der Waals surface area contributed by atoms with E-state index in [2.05, 4.69) is 22.5 Å². The molecule has 4 nitrogen and oxygen atoms in total. The molecule has 0 saturated carbocycles. The number of amides is 2. The van der Waals surface area contributed by atoms with E-state index in [0.29, 0.717) is 0 Å². The molecule has 23 heavy (non-hydrogen) atoms. The molecule has 0 aliphatic rings. The highest BCUT2D eigenvalue weighted by Crippen LogP contribution is 2.27. The monoisotopic (exact) mass is 329 g/mol. The smallest absolute Gasteiger partial charge is 0.319 e. The summed E-state index contributed by atoms with van der Waals surface area (Å²) in [7, 11) is 0. The van der Waals surface area contributed by atoms with Crippen molar-refractivity contribution in [3.05, 3.63) is 54.4 Å². The first-order valence-electron chi connectivity index (χ1n) is 7.87. The molecule has 2 N–H and O–H groups in total. The molecule has 0 unspecified atom stereocenters. The Morgan fingerprint density at radius 1 is 1.22 bits per heavy atom. The Bertz CT molecular complexity index is 619. The van der Waals surface area contributed by atoms with Gasteiger partial charge in [-0.05, 0) is 55.3 Å². The zero-order valence-corrected chi connectivity index (χ0v) is 14.4. The Labute approximate surface area is 142 Å². The largest absolute Gasteiger partial charge is 0.335 e. The molecule has 2 amide bonds. The zero-order chi connectivity index (χ0) is 16.5. The minimum atomic E-state index is -0.170. The van der Waals surface area contributed by atoms with Gasteiger partial charge in [0, 0.05) is 23.3 Å². The Hall–Kier alpha value is -2.01. The summed E-state index contributed by atoms with van der Waals surface area (Å²) >= 11 is 1.76. The van der Waals surface area contributed by atoms with Crippen LogP contribution in [-0.4, -0.2) is 22.8 Å². The van der Waals surface area contributed by atoms with E-state index in [1.807, 2.05) is 43.3 Å². The van der Waals surface area contributed by atoms with E-state index >= 15 is 0 Å². The van der Waals surface area contributed by atoms with E-state index < -0.39 is 0 Å². The number of pyridine rings is 1. The summed E-state index contributed by atoms with van der Waals surface area (Å²) < 4.78 is 0. The van der Waals surface area contributed by atoms with Gasteiger partial charge in [0.2, 0.25) is 0 Å². The highest BCUT2D eigenvalue weighted by molar-refractivity contribution is 7.99. The normalized spacial score (nSPS) is 11.7. The van der Waals surface area contributed by atoms with Crippen molar-refractivity contribution in [2.75, 3.05) is 11.1 Å². The van der Waals surface area contributed by atoms with Crippen molar-refractivity contribution >= 4 is 23.5 Å². The number of urea groups is 1. The van der Waals surface area contributed by atoms with Crippen LogP contribution in [0.1, 0.15) is 25.8 Å². The van der Waals surface area contributed by atoms with E-state index in [1.54, 1.807) is 24.2 Å². The van der Waals surface area contributed by atoms with Crippen LogP contribution in [-0.2, 0) is 6.42 Å². The number of nitrogens with one attached hydrogen (secondary N) is 2. The molecule has 1 atom stereocenters. The molecule has 1 heterocycles. The fourth-order valence-corrected chi connectivity index (χ4v) is 3.09. The quantitative estimate of drug-likeness (QED) is 0.743. The van der Waals surface area contributed by atoms with E-state index in [1.165, 1.54) is 0 Å². The third-order valence-corrected chi connectivity index (χ3v) is 4.55. The molecule has 5 heteroatoms. The second-order valence-corrected chi connectivity index (χ2v) is 6.54. The molecule has 0 spiro atoms. The van der Waals surface area contributed by atoms with Gasteiger partial charge in [-0.3, -0.25) is 4.98 Å². The van der Waals surface area contributed by atoms with Gasteiger partial charge in [0.25, 0.3) is 0 Å². The first-order chi connectivity index (χ1) is 11.2. The van der Waals surface area contributed by atoms with Gasteiger partial charge in [0.05, 0.1) is 5.69 Å². The second-order valence-electron chi connectivity index (χ2n) is 5.40. The van der Waals surface area contributed by atoms with Gasteiger partial charge in [-0.2, -0.15) is 0 Å². The van der Waals surface area contributed by atoms with Crippen LogP contribution in [0.25, 0.3) is 0 Å². The number of thioether (sulfide) groups is 1. The minimum absolute atomic E-state index is 0.0489. The second kappa shape index (κ2) is 9.20. The lowest BCUT2D eigenvalue weighted by Crippen LogP contribution is -2.37. The minimum Gasteiger partial charge on any atom is -0.335 e. The van der Waals surface area contributed by atoms with E-state index in [-0.39, 0.29) is 12.1 Å². The maximum atomic E-state index is 12.2. The van der Waals surface area contributed by atoms with Crippen molar-refractivity contribution in [1.29, 1.82) is 0 Å². The Morgan fingerprint density at radius 2 is 1.96 bits per heavy atom. The first-order valence-corrected chi connectivity index (χ1v) is 8.86. The summed E-state index contributed by atoms with van der Waals surface area (Å²) in [5, 5.41) is 5.93. The van der Waals surface area contributed by atoms with E-state index in [4.69, 9.17) is 0 Å². The van der Waals surface area contributed by atoms with Crippen LogP contribution < -0.4 is 10.6 Å². The van der Waals surface area contributed by atoms with Gasteiger partial charge >= 0.3 is 6.03 Å². The SMILES string of the molecule is CCCSc1ccccc1NC(=O)N[C@H](C)Cc1ccncc1.